The van der Waals surface area contributed by atoms with Crippen LogP contribution in [-0.4, -0.2) is 49.8 Å². The van der Waals surface area contributed by atoms with Crippen LogP contribution in [0.4, 0.5) is 0 Å². The molecule has 3 aromatic carbocycles. The number of nitrogens with zero attached hydrogens (tertiary/aromatic N) is 3. The lowest BCUT2D eigenvalue weighted by Crippen LogP contribution is -2.43. The fraction of sp³-hybridized carbons (Fsp3) is 0.367. The number of benzene rings is 3. The molecule has 6 heteroatoms. The minimum atomic E-state index is -0.536. The van der Waals surface area contributed by atoms with Crippen LogP contribution in [0.2, 0.25) is 0 Å². The van der Waals surface area contributed by atoms with Crippen molar-refractivity contribution in [1.29, 1.82) is 0 Å². The van der Waals surface area contributed by atoms with Crippen molar-refractivity contribution in [2.75, 3.05) is 6.54 Å². The molecule has 6 rings (SSSR count). The molecule has 1 amide bonds. The van der Waals surface area contributed by atoms with E-state index in [4.69, 9.17) is 0 Å². The molecular weight excluding hydrogens is 448 g/mol. The Morgan fingerprint density at radius 3 is 2.19 bits per heavy atom. The monoisotopic (exact) mass is 482 g/mol. The number of carbonyl (C=O) groups excluding carboxylic acids is 1. The van der Waals surface area contributed by atoms with Gasteiger partial charge in [-0.05, 0) is 45.4 Å². The fourth-order valence-electron chi connectivity index (χ4n) is 6.46. The second-order valence-corrected chi connectivity index (χ2v) is 10.7. The highest BCUT2D eigenvalue weighted by Gasteiger charge is 2.32. The van der Waals surface area contributed by atoms with Gasteiger partial charge in [0.2, 0.25) is 0 Å². The summed E-state index contributed by atoms with van der Waals surface area (Å²) in [6.45, 7) is 10.3. The number of aliphatic hydroxyl groups excluding tert-OH is 1. The number of aryl methyl sites for hydroxylation is 1. The average molecular weight is 483 g/mol. The maximum Gasteiger partial charge on any atom is 0.252 e. The molecule has 0 spiro atoms. The summed E-state index contributed by atoms with van der Waals surface area (Å²) in [5, 5.41) is 18.8. The Bertz CT molecular complexity index is 1650. The topological polar surface area (TPSA) is 62.4 Å². The van der Waals surface area contributed by atoms with Crippen molar-refractivity contribution in [3.63, 3.8) is 0 Å². The quantitative estimate of drug-likeness (QED) is 0.351. The van der Waals surface area contributed by atoms with E-state index in [9.17, 15) is 9.90 Å². The van der Waals surface area contributed by atoms with Crippen LogP contribution in [0.3, 0.4) is 0 Å². The van der Waals surface area contributed by atoms with E-state index in [1.165, 1.54) is 0 Å². The number of fused-ring (bicyclic) bond motifs is 10. The third kappa shape index (κ3) is 3.21. The molecule has 2 aromatic heterocycles. The Kier molecular flexibility index (Phi) is 5.36. The number of amides is 1. The summed E-state index contributed by atoms with van der Waals surface area (Å²) in [4.78, 5) is 15.5. The number of aliphatic hydroxyl groups is 1. The number of para-hydroxylation sites is 2. The van der Waals surface area contributed by atoms with Gasteiger partial charge in [0.25, 0.3) is 5.91 Å². The van der Waals surface area contributed by atoms with Crippen LogP contribution in [0, 0.1) is 0 Å². The Labute approximate surface area is 211 Å². The van der Waals surface area contributed by atoms with E-state index in [0.29, 0.717) is 31.7 Å². The van der Waals surface area contributed by atoms with Gasteiger partial charge in [-0.2, -0.15) is 0 Å². The molecule has 0 saturated carbocycles. The summed E-state index contributed by atoms with van der Waals surface area (Å²) in [6, 6.07) is 17.4. The highest BCUT2D eigenvalue weighted by Crippen LogP contribution is 2.44. The first-order valence-corrected chi connectivity index (χ1v) is 12.9. The number of hydrogen-bond acceptors (Lipinski definition) is 3. The first-order chi connectivity index (χ1) is 17.3. The van der Waals surface area contributed by atoms with Crippen molar-refractivity contribution in [2.24, 2.45) is 7.05 Å². The predicted molar refractivity (Wildman–Crippen MR) is 148 cm³/mol. The van der Waals surface area contributed by atoms with Gasteiger partial charge in [-0.15, -0.1) is 0 Å². The molecule has 0 saturated heterocycles. The number of nitrogens with one attached hydrogen (secondary N) is 1. The molecule has 0 fully saturated rings. The summed E-state index contributed by atoms with van der Waals surface area (Å²) in [6.07, 6.45) is -0.536. The van der Waals surface area contributed by atoms with Gasteiger partial charge < -0.3 is 19.6 Å². The highest BCUT2D eigenvalue weighted by atomic mass is 16.3. The molecule has 6 nitrogen and oxygen atoms in total. The zero-order chi connectivity index (χ0) is 25.3. The van der Waals surface area contributed by atoms with Crippen LogP contribution in [-0.2, 0) is 20.1 Å². The van der Waals surface area contributed by atoms with Crippen LogP contribution in [0.15, 0.2) is 48.5 Å². The van der Waals surface area contributed by atoms with Crippen LogP contribution in [0.1, 0.15) is 43.6 Å². The predicted octanol–water partition coefficient (Wildman–Crippen LogP) is 5.16. The summed E-state index contributed by atoms with van der Waals surface area (Å²) in [5.41, 5.74) is 6.20. The molecule has 3 heterocycles. The van der Waals surface area contributed by atoms with Crippen molar-refractivity contribution < 1.29 is 9.90 Å². The van der Waals surface area contributed by atoms with Gasteiger partial charge in [0.1, 0.15) is 0 Å². The SMILES string of the molecule is CC(C)N(CC(O)Cn1c2ccccc2c2c3c(c4c5ccccc5n(C)c4c21)C(=O)NC3)C(C)C. The van der Waals surface area contributed by atoms with E-state index >= 15 is 0 Å². The second kappa shape index (κ2) is 8.36. The smallest absolute Gasteiger partial charge is 0.252 e. The van der Waals surface area contributed by atoms with E-state index in [-0.39, 0.29) is 5.91 Å². The van der Waals surface area contributed by atoms with E-state index in [1.54, 1.807) is 0 Å². The molecule has 2 N–H and O–H groups in total. The number of carbonyl (C=O) groups is 1. The Morgan fingerprint density at radius 2 is 1.53 bits per heavy atom. The summed E-state index contributed by atoms with van der Waals surface area (Å²) in [5.74, 6) is -0.00497. The molecule has 36 heavy (non-hydrogen) atoms. The second-order valence-electron chi connectivity index (χ2n) is 10.7. The van der Waals surface area contributed by atoms with Gasteiger partial charge in [-0.3, -0.25) is 9.69 Å². The third-order valence-electron chi connectivity index (χ3n) is 7.95. The third-order valence-corrected chi connectivity index (χ3v) is 7.95. The van der Waals surface area contributed by atoms with Crippen LogP contribution >= 0.6 is 0 Å². The van der Waals surface area contributed by atoms with Gasteiger partial charge in [0, 0.05) is 64.8 Å². The molecule has 0 radical (unpaired) electrons. The van der Waals surface area contributed by atoms with Crippen molar-refractivity contribution in [3.8, 4) is 0 Å². The summed E-state index contributed by atoms with van der Waals surface area (Å²) >= 11 is 0. The highest BCUT2D eigenvalue weighted by molar-refractivity contribution is 6.30. The molecule has 1 aliphatic rings. The van der Waals surface area contributed by atoms with Crippen molar-refractivity contribution in [3.05, 3.63) is 59.7 Å². The van der Waals surface area contributed by atoms with Gasteiger partial charge in [-0.25, -0.2) is 0 Å². The Balaban J connectivity index is 1.69. The van der Waals surface area contributed by atoms with Crippen LogP contribution in [0.25, 0.3) is 43.6 Å². The first-order valence-electron chi connectivity index (χ1n) is 12.9. The molecule has 186 valence electrons. The number of aromatic nitrogens is 2. The van der Waals surface area contributed by atoms with Gasteiger partial charge in [-0.1, -0.05) is 36.4 Å². The average Bonchev–Trinajstić information content (AvgIpc) is 3.48. The molecule has 0 aliphatic carbocycles. The van der Waals surface area contributed by atoms with Gasteiger partial charge in [0.05, 0.1) is 29.2 Å². The molecule has 1 atom stereocenters. The Morgan fingerprint density at radius 1 is 0.917 bits per heavy atom. The zero-order valence-corrected chi connectivity index (χ0v) is 21.7. The van der Waals surface area contributed by atoms with E-state index < -0.39 is 6.10 Å². The standard InChI is InChI=1S/C30H34N4O2/c1-17(2)33(18(3)4)15-19(35)16-34-24-13-9-7-11-21(24)25-22-14-31-30(36)27(22)26-20-10-6-8-12-23(20)32(5)28(26)29(25)34/h6-13,17-19,35H,14-16H2,1-5H3,(H,31,36). The van der Waals surface area contributed by atoms with E-state index in [1.807, 2.05) is 12.1 Å². The molecule has 1 aliphatic heterocycles. The van der Waals surface area contributed by atoms with E-state index in [0.717, 1.165) is 54.7 Å². The van der Waals surface area contributed by atoms with Gasteiger partial charge in [0.15, 0.2) is 0 Å². The maximum atomic E-state index is 13.2. The molecule has 0 bridgehead atoms. The minimum absolute atomic E-state index is 0.00497. The number of rotatable bonds is 6. The lowest BCUT2D eigenvalue weighted by molar-refractivity contribution is 0.0669. The summed E-state index contributed by atoms with van der Waals surface area (Å²) < 4.78 is 4.51. The largest absolute Gasteiger partial charge is 0.390 e. The summed E-state index contributed by atoms with van der Waals surface area (Å²) in [7, 11) is 2.08. The lowest BCUT2D eigenvalue weighted by Gasteiger charge is -2.32. The van der Waals surface area contributed by atoms with Crippen molar-refractivity contribution in [2.45, 2.75) is 59.0 Å². The van der Waals surface area contributed by atoms with E-state index in [2.05, 4.69) is 90.5 Å². The molecule has 1 unspecified atom stereocenters. The maximum absolute atomic E-state index is 13.2. The molecule has 5 aromatic rings. The fourth-order valence-corrected chi connectivity index (χ4v) is 6.46. The molecular formula is C30H34N4O2. The van der Waals surface area contributed by atoms with Crippen LogP contribution in [0.5, 0.6) is 0 Å². The number of hydrogen-bond donors (Lipinski definition) is 2. The zero-order valence-electron chi connectivity index (χ0n) is 21.7. The first kappa shape index (κ1) is 23.1. The minimum Gasteiger partial charge on any atom is -0.390 e. The van der Waals surface area contributed by atoms with Gasteiger partial charge >= 0.3 is 0 Å². The van der Waals surface area contributed by atoms with Crippen LogP contribution < -0.4 is 5.32 Å². The van der Waals surface area contributed by atoms with Crippen molar-refractivity contribution in [1.82, 2.24) is 19.4 Å². The lowest BCUT2D eigenvalue weighted by atomic mass is 9.97. The Hall–Kier alpha value is -3.35. The normalized spacial score (nSPS) is 14.9. The van der Waals surface area contributed by atoms with Crippen molar-refractivity contribution >= 4 is 49.5 Å².